The lowest BCUT2D eigenvalue weighted by atomic mass is 10.2. The van der Waals surface area contributed by atoms with Crippen molar-refractivity contribution in [1.82, 2.24) is 0 Å². The fourth-order valence-corrected chi connectivity index (χ4v) is 1.09. The van der Waals surface area contributed by atoms with Crippen molar-refractivity contribution in [2.75, 3.05) is 0 Å². The van der Waals surface area contributed by atoms with E-state index in [1.807, 2.05) is 0 Å². The molecule has 0 bridgehead atoms. The van der Waals surface area contributed by atoms with Crippen LogP contribution in [0, 0.1) is 0 Å². The zero-order valence-electron chi connectivity index (χ0n) is 6.04. The molecule has 0 spiro atoms. The van der Waals surface area contributed by atoms with Crippen molar-refractivity contribution in [2.24, 2.45) is 0 Å². The van der Waals surface area contributed by atoms with Gasteiger partial charge in [-0.25, -0.2) is 4.21 Å². The maximum Gasteiger partial charge on any atom is 0.295 e. The summed E-state index contributed by atoms with van der Waals surface area (Å²) in [6, 6.07) is 7.47. The molecule has 3 N–H and O–H groups in total. The number of hydrogen-bond acceptors (Lipinski definition) is 3. The van der Waals surface area contributed by atoms with Gasteiger partial charge in [0.1, 0.15) is 0 Å². The third kappa shape index (κ3) is 1.70. The standard InChI is InChI=1S/C7H8O4S/c8-7(9,12(10)11)6-4-2-1-3-5-6/h1-5,8-9H,(H,10,11). The van der Waals surface area contributed by atoms with Crippen molar-refractivity contribution in [3.05, 3.63) is 35.9 Å². The quantitative estimate of drug-likeness (QED) is 0.451. The second-order valence-electron chi connectivity index (χ2n) is 2.22. The summed E-state index contributed by atoms with van der Waals surface area (Å²) in [7, 11) is 0. The summed E-state index contributed by atoms with van der Waals surface area (Å²) >= 11 is -2.72. The first-order valence-corrected chi connectivity index (χ1v) is 4.27. The lowest BCUT2D eigenvalue weighted by Gasteiger charge is -2.16. The maximum atomic E-state index is 10.4. The molecule has 0 aliphatic rings. The Labute approximate surface area is 71.8 Å². The zero-order chi connectivity index (χ0) is 9.19. The van der Waals surface area contributed by atoms with Crippen molar-refractivity contribution in [1.29, 1.82) is 0 Å². The Hall–Kier alpha value is -0.750. The van der Waals surface area contributed by atoms with Crippen LogP contribution in [0.4, 0.5) is 0 Å². The predicted molar refractivity (Wildman–Crippen MR) is 43.3 cm³/mol. The summed E-state index contributed by atoms with van der Waals surface area (Å²) in [4.78, 5) is 0. The number of rotatable bonds is 2. The highest BCUT2D eigenvalue weighted by molar-refractivity contribution is 7.79. The minimum Gasteiger partial charge on any atom is -0.350 e. The lowest BCUT2D eigenvalue weighted by Crippen LogP contribution is -2.30. The molecule has 0 aliphatic carbocycles. The van der Waals surface area contributed by atoms with E-state index < -0.39 is 16.2 Å². The van der Waals surface area contributed by atoms with Gasteiger partial charge in [0, 0.05) is 5.56 Å². The minimum absolute atomic E-state index is 0.00849. The third-order valence-electron chi connectivity index (χ3n) is 1.39. The van der Waals surface area contributed by atoms with Gasteiger partial charge in [-0.3, -0.25) is 0 Å². The van der Waals surface area contributed by atoms with Gasteiger partial charge in [-0.1, -0.05) is 30.3 Å². The minimum atomic E-state index is -2.72. The van der Waals surface area contributed by atoms with Crippen LogP contribution in [0.1, 0.15) is 5.56 Å². The Morgan fingerprint density at radius 2 is 1.67 bits per heavy atom. The molecule has 0 amide bonds. The first-order chi connectivity index (χ1) is 5.55. The summed E-state index contributed by atoms with van der Waals surface area (Å²) in [6.45, 7) is 0. The molecule has 5 heteroatoms. The van der Waals surface area contributed by atoms with Crippen molar-refractivity contribution in [3.63, 3.8) is 0 Å². The number of aliphatic hydroxyl groups is 2. The SMILES string of the molecule is O=S(O)C(O)(O)c1ccccc1. The molecule has 1 aromatic rings. The Kier molecular flexibility index (Phi) is 2.58. The molecule has 1 aromatic carbocycles. The van der Waals surface area contributed by atoms with Crippen molar-refractivity contribution in [2.45, 2.75) is 5.12 Å². The highest BCUT2D eigenvalue weighted by atomic mass is 32.2. The summed E-state index contributed by atoms with van der Waals surface area (Å²) in [6.07, 6.45) is 0. The molecule has 4 nitrogen and oxygen atoms in total. The van der Waals surface area contributed by atoms with E-state index in [0.29, 0.717) is 0 Å². The Morgan fingerprint density at radius 3 is 2.08 bits per heavy atom. The van der Waals surface area contributed by atoms with E-state index in [1.165, 1.54) is 12.1 Å². The second kappa shape index (κ2) is 3.32. The molecule has 1 unspecified atom stereocenters. The summed E-state index contributed by atoms with van der Waals surface area (Å²) < 4.78 is 18.9. The van der Waals surface area contributed by atoms with Crippen LogP contribution in [0.15, 0.2) is 30.3 Å². The monoisotopic (exact) mass is 188 g/mol. The van der Waals surface area contributed by atoms with E-state index in [2.05, 4.69) is 0 Å². The summed E-state index contributed by atoms with van der Waals surface area (Å²) in [5, 5.41) is 15.5. The first kappa shape index (κ1) is 9.34. The first-order valence-electron chi connectivity index (χ1n) is 3.16. The van der Waals surface area contributed by atoms with E-state index >= 15 is 0 Å². The van der Waals surface area contributed by atoms with E-state index in [1.54, 1.807) is 18.2 Å². The average Bonchev–Trinajstić information content (AvgIpc) is 2.06. The fourth-order valence-electron chi connectivity index (χ4n) is 0.756. The molecule has 0 saturated heterocycles. The largest absolute Gasteiger partial charge is 0.350 e. The molecule has 0 aromatic heterocycles. The molecule has 0 saturated carbocycles. The molecule has 12 heavy (non-hydrogen) atoms. The molecule has 0 radical (unpaired) electrons. The molecular formula is C7H8O4S. The van der Waals surface area contributed by atoms with Gasteiger partial charge in [-0.05, 0) is 0 Å². The Bertz CT molecular complexity index is 283. The molecule has 0 fully saturated rings. The van der Waals surface area contributed by atoms with Gasteiger partial charge < -0.3 is 14.8 Å². The summed E-state index contributed by atoms with van der Waals surface area (Å²) in [5.41, 5.74) is -0.00849. The van der Waals surface area contributed by atoms with Gasteiger partial charge in [0.25, 0.3) is 5.12 Å². The van der Waals surface area contributed by atoms with Crippen LogP contribution in [0.3, 0.4) is 0 Å². The highest BCUT2D eigenvalue weighted by Gasteiger charge is 2.32. The number of hydrogen-bond donors (Lipinski definition) is 3. The molecule has 1 rings (SSSR count). The van der Waals surface area contributed by atoms with Crippen LogP contribution >= 0.6 is 0 Å². The maximum absolute atomic E-state index is 10.4. The van der Waals surface area contributed by atoms with Gasteiger partial charge in [0.15, 0.2) is 0 Å². The van der Waals surface area contributed by atoms with Crippen LogP contribution in [0.5, 0.6) is 0 Å². The molecule has 0 aliphatic heterocycles. The Morgan fingerprint density at radius 1 is 1.17 bits per heavy atom. The van der Waals surface area contributed by atoms with Gasteiger partial charge in [-0.2, -0.15) is 0 Å². The normalized spacial score (nSPS) is 14.2. The zero-order valence-corrected chi connectivity index (χ0v) is 6.86. The van der Waals surface area contributed by atoms with E-state index in [4.69, 9.17) is 14.8 Å². The van der Waals surface area contributed by atoms with Gasteiger partial charge in [-0.15, -0.1) is 0 Å². The van der Waals surface area contributed by atoms with Crippen molar-refractivity contribution >= 4 is 11.1 Å². The third-order valence-corrected chi connectivity index (χ3v) is 2.12. The van der Waals surface area contributed by atoms with Crippen LogP contribution in [0.2, 0.25) is 0 Å². The molecule has 1 atom stereocenters. The van der Waals surface area contributed by atoms with Gasteiger partial charge in [0.05, 0.1) is 0 Å². The summed E-state index contributed by atoms with van der Waals surface area (Å²) in [5.74, 6) is 0. The topological polar surface area (TPSA) is 77.8 Å². The van der Waals surface area contributed by atoms with E-state index in [-0.39, 0.29) is 5.56 Å². The second-order valence-corrected chi connectivity index (χ2v) is 3.29. The highest BCUT2D eigenvalue weighted by Crippen LogP contribution is 2.19. The van der Waals surface area contributed by atoms with Crippen LogP contribution in [0.25, 0.3) is 0 Å². The molecule has 66 valence electrons. The smallest absolute Gasteiger partial charge is 0.295 e. The van der Waals surface area contributed by atoms with Gasteiger partial charge in [0.2, 0.25) is 11.1 Å². The van der Waals surface area contributed by atoms with Crippen molar-refractivity contribution in [3.8, 4) is 0 Å². The van der Waals surface area contributed by atoms with Crippen LogP contribution in [-0.2, 0) is 16.2 Å². The molecule has 0 heterocycles. The van der Waals surface area contributed by atoms with Crippen molar-refractivity contribution < 1.29 is 19.0 Å². The predicted octanol–water partition coefficient (Wildman–Crippen LogP) is 0.00320. The molecular weight excluding hydrogens is 180 g/mol. The lowest BCUT2D eigenvalue weighted by molar-refractivity contribution is -0.0917. The Balaban J connectivity index is 3.06. The van der Waals surface area contributed by atoms with E-state index in [0.717, 1.165) is 0 Å². The van der Waals surface area contributed by atoms with E-state index in [9.17, 15) is 4.21 Å². The average molecular weight is 188 g/mol. The fraction of sp³-hybridized carbons (Fsp3) is 0.143. The van der Waals surface area contributed by atoms with Crippen LogP contribution in [-0.4, -0.2) is 19.0 Å². The van der Waals surface area contributed by atoms with Crippen LogP contribution < -0.4 is 0 Å². The number of benzene rings is 1. The van der Waals surface area contributed by atoms with Gasteiger partial charge >= 0.3 is 0 Å².